The maximum atomic E-state index is 16.0. The Morgan fingerprint density at radius 1 is 0.947 bits per heavy atom. The quantitative estimate of drug-likeness (QED) is 0.215. The van der Waals surface area contributed by atoms with Crippen LogP contribution in [0.2, 0.25) is 0 Å². The molecule has 2 aromatic carbocycles. The fourth-order valence-electron chi connectivity index (χ4n) is 3.71. The highest BCUT2D eigenvalue weighted by Crippen LogP contribution is 2.37. The highest BCUT2D eigenvalue weighted by molar-refractivity contribution is 7.92. The number of nitrogens with zero attached hydrogens (tertiary/aromatic N) is 4. The molecule has 4 rings (SSSR count). The molecule has 0 aliphatic heterocycles. The molecule has 0 aliphatic carbocycles. The van der Waals surface area contributed by atoms with Gasteiger partial charge in [0.1, 0.15) is 23.9 Å². The Bertz CT molecular complexity index is 1560. The fraction of sp³-hybridized carbons (Fsp3) is 0.167. The fourth-order valence-corrected chi connectivity index (χ4v) is 5.17. The topological polar surface area (TPSA) is 77.3 Å². The largest absolute Gasteiger partial charge is 0.408 e. The van der Waals surface area contributed by atoms with Crippen LogP contribution in [0, 0.1) is 17.5 Å². The third-order valence-electron chi connectivity index (χ3n) is 5.33. The number of rotatable bonds is 8. The molecule has 200 valence electrons. The van der Waals surface area contributed by atoms with Crippen LogP contribution in [0.3, 0.4) is 0 Å². The first-order chi connectivity index (χ1) is 17.9. The van der Waals surface area contributed by atoms with Crippen LogP contribution in [-0.2, 0) is 21.3 Å². The number of sulfonamides is 1. The van der Waals surface area contributed by atoms with Crippen LogP contribution < -0.4 is 4.31 Å². The lowest BCUT2D eigenvalue weighted by molar-refractivity contribution is -0.142. The first-order valence-electron chi connectivity index (χ1n) is 10.7. The molecule has 0 saturated carbocycles. The van der Waals surface area contributed by atoms with Gasteiger partial charge >= 0.3 is 6.18 Å². The molecule has 4 aromatic rings. The van der Waals surface area contributed by atoms with Crippen molar-refractivity contribution in [2.75, 3.05) is 18.1 Å². The molecule has 0 saturated heterocycles. The van der Waals surface area contributed by atoms with Gasteiger partial charge in [-0.1, -0.05) is 12.1 Å². The van der Waals surface area contributed by atoms with Crippen molar-refractivity contribution >= 4 is 15.7 Å². The van der Waals surface area contributed by atoms with E-state index in [2.05, 4.69) is 10.1 Å². The molecule has 0 atom stereocenters. The van der Waals surface area contributed by atoms with Crippen LogP contribution in [0.4, 0.5) is 32.0 Å². The maximum absolute atomic E-state index is 16.0. The van der Waals surface area contributed by atoms with Crippen molar-refractivity contribution in [3.8, 4) is 22.4 Å². The van der Waals surface area contributed by atoms with Crippen molar-refractivity contribution in [2.24, 2.45) is 0 Å². The van der Waals surface area contributed by atoms with Crippen LogP contribution >= 0.6 is 0 Å². The van der Waals surface area contributed by atoms with Crippen LogP contribution in [0.15, 0.2) is 72.0 Å². The minimum Gasteiger partial charge on any atom is -0.363 e. The summed E-state index contributed by atoms with van der Waals surface area (Å²) in [6, 6.07) is 8.94. The van der Waals surface area contributed by atoms with Crippen LogP contribution in [0.5, 0.6) is 0 Å². The van der Waals surface area contributed by atoms with Gasteiger partial charge in [0.2, 0.25) is 0 Å². The number of benzene rings is 2. The summed E-state index contributed by atoms with van der Waals surface area (Å²) in [6.45, 7) is -2.26. The molecule has 0 spiro atoms. The number of aromatic nitrogens is 3. The van der Waals surface area contributed by atoms with Gasteiger partial charge in [-0.3, -0.25) is 9.67 Å². The van der Waals surface area contributed by atoms with Gasteiger partial charge in [-0.05, 0) is 42.0 Å². The molecule has 0 amide bonds. The molecule has 7 nitrogen and oxygen atoms in total. The first-order valence-corrected chi connectivity index (χ1v) is 12.2. The second kappa shape index (κ2) is 10.5. The molecule has 2 aromatic heterocycles. The first kappa shape index (κ1) is 27.1. The average molecular weight is 556 g/mol. The third-order valence-corrected chi connectivity index (χ3v) is 7.08. The summed E-state index contributed by atoms with van der Waals surface area (Å²) in [6.07, 6.45) is -0.783. The highest BCUT2D eigenvalue weighted by Gasteiger charge is 2.33. The zero-order valence-corrected chi connectivity index (χ0v) is 20.3. The van der Waals surface area contributed by atoms with E-state index < -0.39 is 57.5 Å². The summed E-state index contributed by atoms with van der Waals surface area (Å²) in [5.41, 5.74) is -0.696. The van der Waals surface area contributed by atoms with Crippen LogP contribution in [0.1, 0.15) is 0 Å². The van der Waals surface area contributed by atoms with E-state index in [4.69, 9.17) is 4.74 Å². The van der Waals surface area contributed by atoms with Crippen molar-refractivity contribution < 1.29 is 39.5 Å². The van der Waals surface area contributed by atoms with Gasteiger partial charge in [-0.15, -0.1) is 0 Å². The lowest BCUT2D eigenvalue weighted by atomic mass is 10.0. The molecular formula is C24H18F6N4O3S. The zero-order valence-electron chi connectivity index (χ0n) is 19.5. The van der Waals surface area contributed by atoms with E-state index in [0.717, 1.165) is 31.5 Å². The predicted molar refractivity (Wildman–Crippen MR) is 125 cm³/mol. The Kier molecular flexibility index (Phi) is 7.47. The Morgan fingerprint density at radius 3 is 2.29 bits per heavy atom. The lowest BCUT2D eigenvalue weighted by Gasteiger charge is -2.25. The van der Waals surface area contributed by atoms with Crippen LogP contribution in [0.25, 0.3) is 22.4 Å². The van der Waals surface area contributed by atoms with E-state index in [-0.39, 0.29) is 16.8 Å². The lowest BCUT2D eigenvalue weighted by Crippen LogP contribution is -2.34. The van der Waals surface area contributed by atoms with Crippen molar-refractivity contribution in [1.29, 1.82) is 0 Å². The van der Waals surface area contributed by atoms with Crippen molar-refractivity contribution in [1.82, 2.24) is 14.8 Å². The molecule has 0 unspecified atom stereocenters. The minimum atomic E-state index is -4.90. The number of anilines is 1. The molecule has 14 heteroatoms. The molecule has 38 heavy (non-hydrogen) atoms. The van der Waals surface area contributed by atoms with Crippen molar-refractivity contribution in [3.63, 3.8) is 0 Å². The van der Waals surface area contributed by atoms with Gasteiger partial charge in [0.05, 0.1) is 5.69 Å². The van der Waals surface area contributed by atoms with E-state index >= 15 is 4.39 Å². The Morgan fingerprint density at radius 2 is 1.63 bits per heavy atom. The van der Waals surface area contributed by atoms with Gasteiger partial charge in [-0.2, -0.15) is 18.3 Å². The number of hydrogen-bond acceptors (Lipinski definition) is 5. The van der Waals surface area contributed by atoms with E-state index in [1.54, 1.807) is 0 Å². The predicted octanol–water partition coefficient (Wildman–Crippen LogP) is 5.39. The summed E-state index contributed by atoms with van der Waals surface area (Å²) in [5, 5.41) is 3.92. The molecular weight excluding hydrogens is 538 g/mol. The smallest absolute Gasteiger partial charge is 0.363 e. The number of pyridine rings is 1. The van der Waals surface area contributed by atoms with Gasteiger partial charge in [-0.25, -0.2) is 25.9 Å². The van der Waals surface area contributed by atoms with Gasteiger partial charge in [0, 0.05) is 36.8 Å². The van der Waals surface area contributed by atoms with Gasteiger partial charge < -0.3 is 4.74 Å². The molecule has 0 bridgehead atoms. The Hall–Kier alpha value is -3.91. The van der Waals surface area contributed by atoms with Gasteiger partial charge in [0.25, 0.3) is 10.0 Å². The number of alkyl halides is 3. The maximum Gasteiger partial charge on any atom is 0.408 e. The number of halogens is 6. The van der Waals surface area contributed by atoms with E-state index in [1.165, 1.54) is 36.7 Å². The summed E-state index contributed by atoms with van der Waals surface area (Å²) < 4.78 is 116. The summed E-state index contributed by atoms with van der Waals surface area (Å²) in [5.74, 6) is -4.30. The molecule has 0 aliphatic rings. The minimum absolute atomic E-state index is 0.116. The molecule has 0 fully saturated rings. The number of hydrogen-bond donors (Lipinski definition) is 0. The van der Waals surface area contributed by atoms with Gasteiger partial charge in [0.15, 0.2) is 17.5 Å². The summed E-state index contributed by atoms with van der Waals surface area (Å²) in [7, 11) is -3.80. The molecule has 0 N–H and O–H groups in total. The SMILES string of the molecule is COCN(c1cccc(-c2nn(CC(F)(F)F)cc2-c2ccncc2)c1F)S(=O)(=O)c1cccc(F)c1F. The van der Waals surface area contributed by atoms with E-state index in [0.29, 0.717) is 20.6 Å². The average Bonchev–Trinajstić information content (AvgIpc) is 3.26. The molecule has 0 radical (unpaired) electrons. The van der Waals surface area contributed by atoms with Crippen molar-refractivity contribution in [3.05, 3.63) is 84.6 Å². The third kappa shape index (κ3) is 5.36. The zero-order chi connectivity index (χ0) is 27.7. The summed E-state index contributed by atoms with van der Waals surface area (Å²) in [4.78, 5) is 2.79. The van der Waals surface area contributed by atoms with Crippen molar-refractivity contribution in [2.45, 2.75) is 17.6 Å². The second-order valence-corrected chi connectivity index (χ2v) is 9.73. The Labute approximate surface area is 213 Å². The standard InChI is InChI=1S/C24H18F6N4O3S/c1-37-14-34(38(35,36)20-7-3-5-18(25)22(20)27)19-6-2-4-16(21(19)26)23-17(15-8-10-31-11-9-15)12-33(32-23)13-24(28,29)30/h2-12H,13-14H2,1H3. The normalized spacial score (nSPS) is 12.1. The second-order valence-electron chi connectivity index (χ2n) is 7.90. The monoisotopic (exact) mass is 556 g/mol. The van der Waals surface area contributed by atoms with E-state index in [1.807, 2.05) is 0 Å². The highest BCUT2D eigenvalue weighted by atomic mass is 32.2. The number of ether oxygens (including phenoxy) is 1. The van der Waals surface area contributed by atoms with Crippen LogP contribution in [-0.4, -0.2) is 43.2 Å². The Balaban J connectivity index is 1.90. The summed E-state index contributed by atoms with van der Waals surface area (Å²) >= 11 is 0. The number of methoxy groups -OCH3 is 1. The molecule has 2 heterocycles. The van der Waals surface area contributed by atoms with E-state index in [9.17, 15) is 30.4 Å².